The highest BCUT2D eigenvalue weighted by Gasteiger charge is 2.34. The lowest BCUT2D eigenvalue weighted by Gasteiger charge is -2.12. The number of methoxy groups -OCH3 is 2. The third-order valence-electron chi connectivity index (χ3n) is 3.10. The zero-order chi connectivity index (χ0) is 18.2. The lowest BCUT2D eigenvalue weighted by Crippen LogP contribution is -2.12. The summed E-state index contributed by atoms with van der Waals surface area (Å²) in [5.74, 6) is -7.66. The highest BCUT2D eigenvalue weighted by atomic mass is 79.9. The van der Waals surface area contributed by atoms with Crippen molar-refractivity contribution < 1.29 is 35.5 Å². The van der Waals surface area contributed by atoms with E-state index in [1.54, 1.807) is 0 Å². The molecule has 2 aromatic rings. The Morgan fingerprint density at radius 1 is 0.875 bits per heavy atom. The third kappa shape index (κ3) is 2.84. The van der Waals surface area contributed by atoms with Crippen LogP contribution >= 0.6 is 15.9 Å². The fourth-order valence-electron chi connectivity index (χ4n) is 1.92. The van der Waals surface area contributed by atoms with E-state index in [-0.39, 0.29) is 11.5 Å². The SMILES string of the molecule is COc1ccc(S(=O)(=O)c2c(F)c(F)c(Br)c(F)c2F)cc1OC. The molecule has 0 N–H and O–H groups in total. The van der Waals surface area contributed by atoms with Gasteiger partial charge in [0.05, 0.1) is 23.6 Å². The van der Waals surface area contributed by atoms with Crippen LogP contribution in [0.3, 0.4) is 0 Å². The van der Waals surface area contributed by atoms with E-state index in [2.05, 4.69) is 15.9 Å². The van der Waals surface area contributed by atoms with Crippen molar-refractivity contribution in [3.8, 4) is 11.5 Å². The molecule has 4 nitrogen and oxygen atoms in total. The van der Waals surface area contributed by atoms with Gasteiger partial charge in [0.1, 0.15) is 4.90 Å². The van der Waals surface area contributed by atoms with Crippen LogP contribution in [0.4, 0.5) is 17.6 Å². The molecule has 0 aromatic heterocycles. The molecule has 0 atom stereocenters. The predicted molar refractivity (Wildman–Crippen MR) is 79.0 cm³/mol. The Morgan fingerprint density at radius 2 is 1.38 bits per heavy atom. The highest BCUT2D eigenvalue weighted by molar-refractivity contribution is 9.10. The van der Waals surface area contributed by atoms with Gasteiger partial charge in [0.2, 0.25) is 9.84 Å². The van der Waals surface area contributed by atoms with E-state index in [1.165, 1.54) is 20.3 Å². The van der Waals surface area contributed by atoms with E-state index < -0.39 is 47.4 Å². The van der Waals surface area contributed by atoms with Crippen LogP contribution in [0.1, 0.15) is 0 Å². The van der Waals surface area contributed by atoms with Crippen molar-refractivity contribution in [1.29, 1.82) is 0 Å². The Labute approximate surface area is 143 Å². The first-order valence-corrected chi connectivity index (χ1v) is 8.43. The summed E-state index contributed by atoms with van der Waals surface area (Å²) >= 11 is 2.32. The lowest BCUT2D eigenvalue weighted by molar-refractivity contribution is 0.354. The largest absolute Gasteiger partial charge is 0.493 e. The first-order chi connectivity index (χ1) is 11.2. The molecule has 0 amide bonds. The first kappa shape index (κ1) is 18.5. The van der Waals surface area contributed by atoms with Crippen LogP contribution < -0.4 is 9.47 Å². The summed E-state index contributed by atoms with van der Waals surface area (Å²) in [7, 11) is -2.39. The quantitative estimate of drug-likeness (QED) is 0.421. The second-order valence-corrected chi connectivity index (χ2v) is 7.10. The van der Waals surface area contributed by atoms with Crippen LogP contribution in [0.25, 0.3) is 0 Å². The van der Waals surface area contributed by atoms with Crippen molar-refractivity contribution in [2.75, 3.05) is 14.2 Å². The Kier molecular flexibility index (Phi) is 5.09. The Balaban J connectivity index is 2.78. The predicted octanol–water partition coefficient (Wildman–Crippen LogP) is 3.86. The maximum atomic E-state index is 14.0. The Morgan fingerprint density at radius 3 is 1.83 bits per heavy atom. The van der Waals surface area contributed by atoms with Gasteiger partial charge >= 0.3 is 0 Å². The summed E-state index contributed by atoms with van der Waals surface area (Å²) in [5.41, 5.74) is 0. The van der Waals surface area contributed by atoms with Gasteiger partial charge in [-0.05, 0) is 28.1 Å². The van der Waals surface area contributed by atoms with E-state index in [0.29, 0.717) is 0 Å². The average molecular weight is 429 g/mol. The maximum Gasteiger partial charge on any atom is 0.212 e. The van der Waals surface area contributed by atoms with Crippen LogP contribution in [0, 0.1) is 23.3 Å². The average Bonchev–Trinajstić information content (AvgIpc) is 2.57. The zero-order valence-electron chi connectivity index (χ0n) is 12.2. The van der Waals surface area contributed by atoms with Gasteiger partial charge < -0.3 is 9.47 Å². The van der Waals surface area contributed by atoms with Crippen LogP contribution in [-0.4, -0.2) is 22.6 Å². The molecule has 2 rings (SSSR count). The number of ether oxygens (including phenoxy) is 2. The van der Waals surface area contributed by atoms with Crippen molar-refractivity contribution in [1.82, 2.24) is 0 Å². The molecule has 0 radical (unpaired) electrons. The topological polar surface area (TPSA) is 52.6 Å². The standard InChI is InChI=1S/C14H9BrF4O4S/c1-22-7-4-3-6(5-8(7)23-2)24(20,21)14-12(18)10(16)9(15)11(17)13(14)19/h3-5H,1-2H3. The van der Waals surface area contributed by atoms with Crippen LogP contribution in [-0.2, 0) is 9.84 Å². The molecule has 0 spiro atoms. The third-order valence-corrected chi connectivity index (χ3v) is 5.57. The summed E-state index contributed by atoms with van der Waals surface area (Å²) in [4.78, 5) is -2.35. The fraction of sp³-hybridized carbons (Fsp3) is 0.143. The second kappa shape index (κ2) is 6.60. The molecule has 24 heavy (non-hydrogen) atoms. The van der Waals surface area contributed by atoms with Crippen LogP contribution in [0.2, 0.25) is 0 Å². The van der Waals surface area contributed by atoms with E-state index in [0.717, 1.165) is 12.1 Å². The van der Waals surface area contributed by atoms with Gasteiger partial charge in [-0.25, -0.2) is 26.0 Å². The molecule has 0 aliphatic rings. The molecule has 0 bridgehead atoms. The van der Waals surface area contributed by atoms with E-state index in [1.807, 2.05) is 0 Å². The lowest BCUT2D eigenvalue weighted by atomic mass is 10.3. The molecule has 10 heteroatoms. The molecule has 130 valence electrons. The summed E-state index contributed by atoms with van der Waals surface area (Å²) in [6.07, 6.45) is 0. The number of rotatable bonds is 4. The van der Waals surface area contributed by atoms with Crippen molar-refractivity contribution in [2.45, 2.75) is 9.79 Å². The fourth-order valence-corrected chi connectivity index (χ4v) is 3.67. The van der Waals surface area contributed by atoms with E-state index in [4.69, 9.17) is 9.47 Å². The molecule has 0 unspecified atom stereocenters. The molecular weight excluding hydrogens is 420 g/mol. The second-order valence-electron chi connectivity index (χ2n) is 4.42. The van der Waals surface area contributed by atoms with Crippen molar-refractivity contribution >= 4 is 25.8 Å². The Bertz CT molecular complexity index is 886. The molecule has 2 aromatic carbocycles. The minimum Gasteiger partial charge on any atom is -0.493 e. The maximum absolute atomic E-state index is 14.0. The summed E-state index contributed by atoms with van der Waals surface area (Å²) < 4.78 is 88.7. The normalized spacial score (nSPS) is 11.5. The van der Waals surface area contributed by atoms with E-state index >= 15 is 0 Å². The van der Waals surface area contributed by atoms with Gasteiger partial charge in [0.15, 0.2) is 34.8 Å². The molecule has 0 heterocycles. The van der Waals surface area contributed by atoms with Crippen LogP contribution in [0.15, 0.2) is 32.5 Å². The van der Waals surface area contributed by atoms with Crippen molar-refractivity contribution in [3.05, 3.63) is 45.9 Å². The Hall–Kier alpha value is -1.81. The summed E-state index contributed by atoms with van der Waals surface area (Å²) in [6.45, 7) is 0. The van der Waals surface area contributed by atoms with Gasteiger partial charge in [-0.3, -0.25) is 0 Å². The molecule has 0 aliphatic heterocycles. The van der Waals surface area contributed by atoms with Gasteiger partial charge in [-0.1, -0.05) is 0 Å². The highest BCUT2D eigenvalue weighted by Crippen LogP contribution is 2.36. The molecule has 0 aliphatic carbocycles. The van der Waals surface area contributed by atoms with Crippen molar-refractivity contribution in [3.63, 3.8) is 0 Å². The number of benzene rings is 2. The molecule has 0 saturated heterocycles. The van der Waals surface area contributed by atoms with Gasteiger partial charge in [0.25, 0.3) is 0 Å². The van der Waals surface area contributed by atoms with Gasteiger partial charge in [0, 0.05) is 6.07 Å². The monoisotopic (exact) mass is 428 g/mol. The minimum absolute atomic E-state index is 0.0440. The number of hydrogen-bond acceptors (Lipinski definition) is 4. The minimum atomic E-state index is -4.91. The van der Waals surface area contributed by atoms with Crippen molar-refractivity contribution in [2.24, 2.45) is 0 Å². The number of hydrogen-bond donors (Lipinski definition) is 0. The molecular formula is C14H9BrF4O4S. The smallest absolute Gasteiger partial charge is 0.212 e. The molecule has 0 saturated carbocycles. The summed E-state index contributed by atoms with van der Waals surface area (Å²) in [6, 6.07) is 3.06. The zero-order valence-corrected chi connectivity index (χ0v) is 14.6. The van der Waals surface area contributed by atoms with E-state index in [9.17, 15) is 26.0 Å². The number of sulfone groups is 1. The summed E-state index contributed by atoms with van der Waals surface area (Å²) in [5, 5.41) is 0. The van der Waals surface area contributed by atoms with Gasteiger partial charge in [-0.2, -0.15) is 0 Å². The first-order valence-electron chi connectivity index (χ1n) is 6.15. The van der Waals surface area contributed by atoms with Gasteiger partial charge in [-0.15, -0.1) is 0 Å². The van der Waals surface area contributed by atoms with Crippen LogP contribution in [0.5, 0.6) is 11.5 Å². The molecule has 0 fully saturated rings. The number of halogens is 5.